The molecule has 1 amide bonds. The second-order valence-electron chi connectivity index (χ2n) is 6.39. The van der Waals surface area contributed by atoms with Crippen LogP contribution in [0.3, 0.4) is 0 Å². The molecular formula is C18H23N3O2. The molecular weight excluding hydrogens is 290 g/mol. The summed E-state index contributed by atoms with van der Waals surface area (Å²) in [6, 6.07) is 7.40. The van der Waals surface area contributed by atoms with Crippen molar-refractivity contribution in [1.29, 1.82) is 0 Å². The monoisotopic (exact) mass is 313 g/mol. The van der Waals surface area contributed by atoms with E-state index in [0.717, 1.165) is 23.4 Å². The normalized spacial score (nSPS) is 15.2. The Kier molecular flexibility index (Phi) is 4.74. The molecule has 0 spiro atoms. The summed E-state index contributed by atoms with van der Waals surface area (Å²) in [4.78, 5) is 24.1. The number of aryl methyl sites for hydroxylation is 1. The number of nitrogens with one attached hydrogen (secondary N) is 1. The van der Waals surface area contributed by atoms with E-state index in [0.29, 0.717) is 18.4 Å². The summed E-state index contributed by atoms with van der Waals surface area (Å²) in [6.07, 6.45) is 6.70. The molecule has 0 radical (unpaired) electrons. The highest BCUT2D eigenvalue weighted by Gasteiger charge is 2.16. The number of aromatic nitrogens is 2. The maximum atomic E-state index is 12.1. The van der Waals surface area contributed by atoms with Crippen LogP contribution in [-0.2, 0) is 18.4 Å². The van der Waals surface area contributed by atoms with Crippen LogP contribution in [0.1, 0.15) is 44.2 Å². The predicted octanol–water partition coefficient (Wildman–Crippen LogP) is 2.52. The van der Waals surface area contributed by atoms with Gasteiger partial charge in [-0.3, -0.25) is 9.59 Å². The van der Waals surface area contributed by atoms with Gasteiger partial charge in [-0.1, -0.05) is 43.9 Å². The van der Waals surface area contributed by atoms with Crippen LogP contribution in [0, 0.1) is 5.92 Å². The number of nitrogens with zero attached hydrogens (tertiary/aromatic N) is 2. The Morgan fingerprint density at radius 3 is 2.70 bits per heavy atom. The van der Waals surface area contributed by atoms with E-state index in [4.69, 9.17) is 0 Å². The number of fused-ring (bicyclic) bond motifs is 1. The van der Waals surface area contributed by atoms with Gasteiger partial charge in [0.15, 0.2) is 0 Å². The van der Waals surface area contributed by atoms with Crippen LogP contribution in [0.4, 0.5) is 0 Å². The Morgan fingerprint density at radius 1 is 1.26 bits per heavy atom. The Hall–Kier alpha value is -2.17. The van der Waals surface area contributed by atoms with Gasteiger partial charge in [-0.25, -0.2) is 4.68 Å². The number of hydrogen-bond donors (Lipinski definition) is 1. The van der Waals surface area contributed by atoms with Gasteiger partial charge in [0.2, 0.25) is 5.91 Å². The summed E-state index contributed by atoms with van der Waals surface area (Å²) in [5.41, 5.74) is 0.619. The number of carbonyl (C=O) groups is 1. The van der Waals surface area contributed by atoms with Gasteiger partial charge >= 0.3 is 0 Å². The smallest absolute Gasteiger partial charge is 0.274 e. The molecule has 1 aliphatic carbocycles. The van der Waals surface area contributed by atoms with E-state index in [2.05, 4.69) is 10.4 Å². The highest BCUT2D eigenvalue weighted by molar-refractivity contribution is 5.84. The van der Waals surface area contributed by atoms with Crippen molar-refractivity contribution in [2.24, 2.45) is 13.0 Å². The van der Waals surface area contributed by atoms with Crippen molar-refractivity contribution in [3.8, 4) is 0 Å². The number of carbonyl (C=O) groups excluding carboxylic acids is 1. The van der Waals surface area contributed by atoms with Crippen molar-refractivity contribution in [2.45, 2.75) is 45.1 Å². The van der Waals surface area contributed by atoms with Crippen LogP contribution in [0.2, 0.25) is 0 Å². The second-order valence-corrected chi connectivity index (χ2v) is 6.39. The van der Waals surface area contributed by atoms with Crippen molar-refractivity contribution < 1.29 is 4.79 Å². The third kappa shape index (κ3) is 3.60. The lowest BCUT2D eigenvalue weighted by Gasteiger charge is -2.11. The minimum atomic E-state index is -0.114. The van der Waals surface area contributed by atoms with Crippen LogP contribution >= 0.6 is 0 Å². The summed E-state index contributed by atoms with van der Waals surface area (Å²) in [6.45, 7) is 0.359. The molecule has 0 unspecified atom stereocenters. The summed E-state index contributed by atoms with van der Waals surface area (Å²) < 4.78 is 1.34. The van der Waals surface area contributed by atoms with E-state index in [9.17, 15) is 9.59 Å². The van der Waals surface area contributed by atoms with E-state index in [1.54, 1.807) is 13.1 Å². The minimum Gasteiger partial charge on any atom is -0.350 e. The quantitative estimate of drug-likeness (QED) is 0.922. The first-order valence-corrected chi connectivity index (χ1v) is 8.37. The molecule has 1 aliphatic rings. The number of benzene rings is 1. The molecule has 122 valence electrons. The van der Waals surface area contributed by atoms with Gasteiger partial charge in [-0.2, -0.15) is 5.10 Å². The molecule has 1 saturated carbocycles. The fraction of sp³-hybridized carbons (Fsp3) is 0.500. The fourth-order valence-electron chi connectivity index (χ4n) is 3.41. The molecule has 0 aliphatic heterocycles. The Bertz CT molecular complexity index is 760. The number of rotatable bonds is 5. The highest BCUT2D eigenvalue weighted by Crippen LogP contribution is 2.28. The summed E-state index contributed by atoms with van der Waals surface area (Å²) >= 11 is 0. The standard InChI is InChI=1S/C18H23N3O2/c1-21-18(23)15-9-5-4-8-14(15)16(20-21)12-19-17(22)11-10-13-6-2-3-7-13/h4-5,8-9,13H,2-3,6-7,10-12H2,1H3,(H,19,22). The van der Waals surface area contributed by atoms with Crippen molar-refractivity contribution in [1.82, 2.24) is 15.1 Å². The predicted molar refractivity (Wildman–Crippen MR) is 90.0 cm³/mol. The van der Waals surface area contributed by atoms with Crippen LogP contribution in [-0.4, -0.2) is 15.7 Å². The summed E-state index contributed by atoms with van der Waals surface area (Å²) in [5, 5.41) is 8.70. The van der Waals surface area contributed by atoms with Gasteiger partial charge in [0.1, 0.15) is 0 Å². The Labute approximate surface area is 135 Å². The van der Waals surface area contributed by atoms with Gasteiger partial charge in [0, 0.05) is 18.9 Å². The molecule has 1 heterocycles. The number of amides is 1. The Morgan fingerprint density at radius 2 is 1.96 bits per heavy atom. The van der Waals surface area contributed by atoms with Crippen molar-refractivity contribution in [3.05, 3.63) is 40.3 Å². The lowest BCUT2D eigenvalue weighted by molar-refractivity contribution is -0.121. The first-order valence-electron chi connectivity index (χ1n) is 8.37. The van der Waals surface area contributed by atoms with E-state index in [1.807, 2.05) is 18.2 Å². The van der Waals surface area contributed by atoms with E-state index < -0.39 is 0 Å². The van der Waals surface area contributed by atoms with E-state index >= 15 is 0 Å². The van der Waals surface area contributed by atoms with Crippen molar-refractivity contribution >= 4 is 16.7 Å². The average molecular weight is 313 g/mol. The highest BCUT2D eigenvalue weighted by atomic mass is 16.1. The third-order valence-corrected chi connectivity index (χ3v) is 4.74. The zero-order valence-corrected chi connectivity index (χ0v) is 13.5. The molecule has 1 fully saturated rings. The van der Waals surface area contributed by atoms with Crippen molar-refractivity contribution in [3.63, 3.8) is 0 Å². The lowest BCUT2D eigenvalue weighted by atomic mass is 10.0. The molecule has 5 nitrogen and oxygen atoms in total. The number of hydrogen-bond acceptors (Lipinski definition) is 3. The van der Waals surface area contributed by atoms with Gasteiger partial charge in [-0.05, 0) is 18.4 Å². The van der Waals surface area contributed by atoms with Gasteiger partial charge < -0.3 is 5.32 Å². The van der Waals surface area contributed by atoms with Gasteiger partial charge in [-0.15, -0.1) is 0 Å². The van der Waals surface area contributed by atoms with Gasteiger partial charge in [0.25, 0.3) is 5.56 Å². The topological polar surface area (TPSA) is 64.0 Å². The first-order chi connectivity index (χ1) is 11.1. The van der Waals surface area contributed by atoms with Gasteiger partial charge in [0.05, 0.1) is 17.6 Å². The molecule has 3 rings (SSSR count). The second kappa shape index (κ2) is 6.94. The maximum absolute atomic E-state index is 12.1. The van der Waals surface area contributed by atoms with Crippen LogP contribution in [0.15, 0.2) is 29.1 Å². The van der Waals surface area contributed by atoms with Crippen LogP contribution in [0.5, 0.6) is 0 Å². The molecule has 0 bridgehead atoms. The zero-order chi connectivity index (χ0) is 16.2. The molecule has 1 aromatic carbocycles. The third-order valence-electron chi connectivity index (χ3n) is 4.74. The Balaban J connectivity index is 1.66. The summed E-state index contributed by atoms with van der Waals surface area (Å²) in [7, 11) is 1.64. The van der Waals surface area contributed by atoms with Crippen LogP contribution < -0.4 is 10.9 Å². The SMILES string of the molecule is Cn1nc(CNC(=O)CCC2CCCC2)c2ccccc2c1=O. The van der Waals surface area contributed by atoms with E-state index in [1.165, 1.54) is 30.4 Å². The largest absolute Gasteiger partial charge is 0.350 e. The molecule has 23 heavy (non-hydrogen) atoms. The lowest BCUT2D eigenvalue weighted by Crippen LogP contribution is -2.27. The minimum absolute atomic E-state index is 0.0663. The molecule has 1 N–H and O–H groups in total. The molecule has 2 aromatic rings. The fourth-order valence-corrected chi connectivity index (χ4v) is 3.41. The molecule has 1 aromatic heterocycles. The van der Waals surface area contributed by atoms with Crippen molar-refractivity contribution in [2.75, 3.05) is 0 Å². The van der Waals surface area contributed by atoms with Crippen LogP contribution in [0.25, 0.3) is 10.8 Å². The first kappa shape index (κ1) is 15.7. The molecule has 0 atom stereocenters. The van der Waals surface area contributed by atoms with E-state index in [-0.39, 0.29) is 11.5 Å². The molecule has 5 heteroatoms. The molecule has 0 saturated heterocycles. The maximum Gasteiger partial charge on any atom is 0.274 e. The summed E-state index contributed by atoms with van der Waals surface area (Å²) in [5.74, 6) is 0.786. The average Bonchev–Trinajstić information content (AvgIpc) is 3.08. The zero-order valence-electron chi connectivity index (χ0n) is 13.5.